The molecule has 6 rings (SSSR count). The lowest BCUT2D eigenvalue weighted by molar-refractivity contribution is -0.252. The molecule has 5 aromatic rings. The zero-order valence-corrected chi connectivity index (χ0v) is 26.4. The Balaban J connectivity index is 1.22. The Labute approximate surface area is 272 Å². The Kier molecular flexibility index (Phi) is 9.67. The van der Waals surface area contributed by atoms with E-state index in [1.165, 1.54) is 0 Å². The van der Waals surface area contributed by atoms with Gasteiger partial charge in [0, 0.05) is 18.5 Å². The number of hydrogen-bond donors (Lipinski definition) is 2. The van der Waals surface area contributed by atoms with E-state index in [1.54, 1.807) is 41.2 Å². The molecule has 232 valence electrons. The van der Waals surface area contributed by atoms with Crippen LogP contribution in [-0.4, -0.2) is 29.2 Å². The van der Waals surface area contributed by atoms with Crippen LogP contribution in [0.4, 0.5) is 0 Å². The van der Waals surface area contributed by atoms with Gasteiger partial charge in [-0.1, -0.05) is 114 Å². The summed E-state index contributed by atoms with van der Waals surface area (Å²) in [6.07, 6.45) is 0.983. The second-order valence-corrected chi connectivity index (χ2v) is 13.2. The lowest BCUT2D eigenvalue weighted by atomic mass is 9.97. The van der Waals surface area contributed by atoms with E-state index in [4.69, 9.17) is 32.7 Å². The molecule has 0 amide bonds. The number of aromatic nitrogens is 2. The molecule has 2 heterocycles. The second-order valence-electron chi connectivity index (χ2n) is 10.7. The fourth-order valence-corrected chi connectivity index (χ4v) is 6.70. The molecular weight excluding hydrogens is 633 g/mol. The summed E-state index contributed by atoms with van der Waals surface area (Å²) >= 11 is 12.4. The number of ether oxygens (including phenoxy) is 2. The topological polar surface area (TPSA) is 103 Å². The van der Waals surface area contributed by atoms with Gasteiger partial charge in [0.2, 0.25) is 10.0 Å². The minimum absolute atomic E-state index is 0.0333. The molecule has 1 aliphatic rings. The van der Waals surface area contributed by atoms with Crippen molar-refractivity contribution in [1.82, 2.24) is 14.3 Å². The van der Waals surface area contributed by atoms with Gasteiger partial charge in [0.15, 0.2) is 11.4 Å². The van der Waals surface area contributed by atoms with E-state index < -0.39 is 16.3 Å². The van der Waals surface area contributed by atoms with E-state index in [9.17, 15) is 13.5 Å². The summed E-state index contributed by atoms with van der Waals surface area (Å²) in [5.74, 6) is 0. The van der Waals surface area contributed by atoms with Crippen molar-refractivity contribution in [3.05, 3.63) is 142 Å². The third-order valence-corrected chi connectivity index (χ3v) is 9.95. The van der Waals surface area contributed by atoms with Crippen LogP contribution in [0.2, 0.25) is 10.3 Å². The number of rotatable bonds is 10. The first kappa shape index (κ1) is 31.4. The summed E-state index contributed by atoms with van der Waals surface area (Å²) in [5, 5.41) is 10.1. The van der Waals surface area contributed by atoms with Crippen LogP contribution < -0.4 is 4.72 Å². The van der Waals surface area contributed by atoms with Crippen LogP contribution in [0.5, 0.6) is 0 Å². The Bertz CT molecular complexity index is 1850. The maximum Gasteiger partial charge on any atom is 0.240 e. The summed E-state index contributed by atoms with van der Waals surface area (Å²) in [7, 11) is -3.66. The van der Waals surface area contributed by atoms with Gasteiger partial charge in [0.05, 0.1) is 36.6 Å². The highest BCUT2D eigenvalue weighted by Crippen LogP contribution is 2.39. The standard InChI is InChI=1S/C34H31Cl2N3O5S/c35-32-33(36)39(22-37-32)20-28-18-31(25-12-10-23(21-40)11-13-25)44-34(43-28)26-16-14-24(15-17-26)30-9-5-4-6-27(30)19-38-45(41,42)29-7-2-1-3-8-29/h1-17,22,28,31,34,38,40H,18-21H2/t28-,31+,34+/m1/s1. The number of hydrogen-bond acceptors (Lipinski definition) is 6. The first-order valence-corrected chi connectivity index (χ1v) is 16.6. The van der Waals surface area contributed by atoms with E-state index in [1.807, 2.05) is 72.8 Å². The quantitative estimate of drug-likeness (QED) is 0.166. The van der Waals surface area contributed by atoms with Gasteiger partial charge in [-0.05, 0) is 39.9 Å². The largest absolute Gasteiger partial charge is 0.392 e. The van der Waals surface area contributed by atoms with Gasteiger partial charge < -0.3 is 19.1 Å². The van der Waals surface area contributed by atoms with Crippen LogP contribution in [-0.2, 0) is 39.2 Å². The number of aliphatic hydroxyl groups is 1. The molecular formula is C34H31Cl2N3O5S. The van der Waals surface area contributed by atoms with Crippen molar-refractivity contribution in [3.8, 4) is 11.1 Å². The second kappa shape index (κ2) is 13.8. The highest BCUT2D eigenvalue weighted by molar-refractivity contribution is 7.89. The third-order valence-electron chi connectivity index (χ3n) is 7.77. The van der Waals surface area contributed by atoms with Gasteiger partial charge in [-0.2, -0.15) is 0 Å². The van der Waals surface area contributed by atoms with Gasteiger partial charge in [-0.25, -0.2) is 18.1 Å². The minimum atomic E-state index is -3.66. The maximum atomic E-state index is 12.8. The first-order valence-electron chi connectivity index (χ1n) is 14.4. The van der Waals surface area contributed by atoms with Crippen LogP contribution in [0.25, 0.3) is 11.1 Å². The molecule has 0 aliphatic carbocycles. The van der Waals surface area contributed by atoms with E-state index in [0.29, 0.717) is 18.1 Å². The lowest BCUT2D eigenvalue weighted by Gasteiger charge is -2.36. The fourth-order valence-electron chi connectivity index (χ4n) is 5.35. The molecule has 0 spiro atoms. The highest BCUT2D eigenvalue weighted by Gasteiger charge is 2.33. The molecule has 1 aliphatic heterocycles. The Hall–Kier alpha value is -3.54. The Morgan fingerprint density at radius 2 is 1.56 bits per heavy atom. The summed E-state index contributed by atoms with van der Waals surface area (Å²) in [4.78, 5) is 4.31. The Morgan fingerprint density at radius 1 is 0.867 bits per heavy atom. The van der Waals surface area contributed by atoms with Gasteiger partial charge in [-0.15, -0.1) is 0 Å². The van der Waals surface area contributed by atoms with Gasteiger partial charge in [0.25, 0.3) is 0 Å². The molecule has 3 atom stereocenters. The summed E-state index contributed by atoms with van der Waals surface area (Å²) in [5.41, 5.74) is 5.31. The van der Waals surface area contributed by atoms with Crippen molar-refractivity contribution < 1.29 is 23.0 Å². The number of aliphatic hydroxyl groups excluding tert-OH is 1. The number of benzene rings is 4. The number of nitrogens with zero attached hydrogens (tertiary/aromatic N) is 2. The number of halogens is 2. The summed E-state index contributed by atoms with van der Waals surface area (Å²) in [6, 6.07) is 31.6. The van der Waals surface area contributed by atoms with Crippen LogP contribution in [0.1, 0.15) is 41.1 Å². The first-order chi connectivity index (χ1) is 21.8. The SMILES string of the molecule is O=S(=O)(NCc1ccccc1-c1ccc([C@H]2O[C@@H](Cn3cnc(Cl)c3Cl)C[C@@H](c3ccc(CO)cc3)O2)cc1)c1ccccc1. The number of nitrogens with one attached hydrogen (secondary N) is 1. The van der Waals surface area contributed by atoms with Crippen molar-refractivity contribution in [2.45, 2.75) is 49.5 Å². The molecule has 1 fully saturated rings. The molecule has 45 heavy (non-hydrogen) atoms. The monoisotopic (exact) mass is 663 g/mol. The van der Waals surface area contributed by atoms with Crippen molar-refractivity contribution in [3.63, 3.8) is 0 Å². The normalized spacial score (nSPS) is 18.6. The van der Waals surface area contributed by atoms with Gasteiger partial charge >= 0.3 is 0 Å². The van der Waals surface area contributed by atoms with Crippen molar-refractivity contribution in [2.75, 3.05) is 0 Å². The lowest BCUT2D eigenvalue weighted by Crippen LogP contribution is -2.32. The average Bonchev–Trinajstić information content (AvgIpc) is 3.40. The molecule has 11 heteroatoms. The predicted molar refractivity (Wildman–Crippen MR) is 173 cm³/mol. The fraction of sp³-hybridized carbons (Fsp3) is 0.206. The minimum Gasteiger partial charge on any atom is -0.392 e. The molecule has 0 bridgehead atoms. The molecule has 0 radical (unpaired) electrons. The highest BCUT2D eigenvalue weighted by atomic mass is 35.5. The van der Waals surface area contributed by atoms with Crippen LogP contribution >= 0.6 is 23.2 Å². The molecule has 1 saturated heterocycles. The summed E-state index contributed by atoms with van der Waals surface area (Å²) < 4.78 is 43.0. The number of imidazole rings is 1. The van der Waals surface area contributed by atoms with E-state index in [2.05, 4.69) is 9.71 Å². The smallest absolute Gasteiger partial charge is 0.240 e. The molecule has 1 aromatic heterocycles. The molecule has 0 saturated carbocycles. The molecule has 8 nitrogen and oxygen atoms in total. The van der Waals surface area contributed by atoms with Gasteiger partial charge in [0.1, 0.15) is 5.15 Å². The van der Waals surface area contributed by atoms with Crippen molar-refractivity contribution >= 4 is 33.2 Å². The molecule has 2 N–H and O–H groups in total. The van der Waals surface area contributed by atoms with Crippen LogP contribution in [0.15, 0.2) is 114 Å². The third kappa shape index (κ3) is 7.31. The van der Waals surface area contributed by atoms with Crippen molar-refractivity contribution in [2.24, 2.45) is 0 Å². The van der Waals surface area contributed by atoms with Crippen LogP contribution in [0, 0.1) is 0 Å². The summed E-state index contributed by atoms with van der Waals surface area (Å²) in [6.45, 7) is 0.547. The van der Waals surface area contributed by atoms with E-state index in [0.717, 1.165) is 33.4 Å². The van der Waals surface area contributed by atoms with Gasteiger partial charge in [-0.3, -0.25) is 0 Å². The molecule has 4 aromatic carbocycles. The Morgan fingerprint density at radius 3 is 2.24 bits per heavy atom. The van der Waals surface area contributed by atoms with Crippen LogP contribution in [0.3, 0.4) is 0 Å². The van der Waals surface area contributed by atoms with E-state index in [-0.39, 0.29) is 35.4 Å². The van der Waals surface area contributed by atoms with Crippen molar-refractivity contribution in [1.29, 1.82) is 0 Å². The zero-order chi connectivity index (χ0) is 31.4. The zero-order valence-electron chi connectivity index (χ0n) is 24.1. The average molecular weight is 665 g/mol. The maximum absolute atomic E-state index is 12.8. The van der Waals surface area contributed by atoms with E-state index >= 15 is 0 Å². The molecule has 0 unspecified atom stereocenters. The number of sulfonamides is 1. The predicted octanol–water partition coefficient (Wildman–Crippen LogP) is 7.07.